The molecule has 0 radical (unpaired) electrons. The van der Waals surface area contributed by atoms with Crippen LogP contribution in [0.15, 0.2) is 12.3 Å². The SMILES string of the molecule is OCc1ccnc(-c2c(Cl)c(Cl)c(Cl)c(Cl)c2Cl)c1-c1c(Cl)c(Cl)c(Cl)c(Cl)c1Cl. The third-order valence-electron chi connectivity index (χ3n) is 4.11. The highest BCUT2D eigenvalue weighted by molar-refractivity contribution is 6.58. The Kier molecular flexibility index (Phi) is 8.15. The summed E-state index contributed by atoms with van der Waals surface area (Å²) >= 11 is 62.9. The number of hydrogen-bond acceptors (Lipinski definition) is 2. The van der Waals surface area contributed by atoms with E-state index in [1.807, 2.05) is 0 Å². The van der Waals surface area contributed by atoms with Gasteiger partial charge in [-0.1, -0.05) is 116 Å². The molecular weight excluding hydrogens is 601 g/mol. The second-order valence-corrected chi connectivity index (χ2v) is 9.52. The molecule has 0 atom stereocenters. The van der Waals surface area contributed by atoms with E-state index in [0.717, 1.165) is 0 Å². The quantitative estimate of drug-likeness (QED) is 0.238. The summed E-state index contributed by atoms with van der Waals surface area (Å²) in [5.41, 5.74) is 1.10. The maximum absolute atomic E-state index is 9.97. The van der Waals surface area contributed by atoms with Gasteiger partial charge in [-0.2, -0.15) is 0 Å². The Balaban J connectivity index is 2.55. The number of nitrogens with zero attached hydrogens (tertiary/aromatic N) is 1. The molecule has 3 aromatic rings. The molecule has 0 aliphatic carbocycles. The molecule has 0 bridgehead atoms. The van der Waals surface area contributed by atoms with Crippen molar-refractivity contribution in [3.63, 3.8) is 0 Å². The average molecular weight is 606 g/mol. The van der Waals surface area contributed by atoms with Gasteiger partial charge in [0.1, 0.15) is 0 Å². The molecule has 3 rings (SSSR count). The number of aromatic nitrogens is 1. The van der Waals surface area contributed by atoms with Crippen molar-refractivity contribution in [1.29, 1.82) is 0 Å². The number of rotatable bonds is 3. The smallest absolute Gasteiger partial charge is 0.0816 e. The molecule has 0 aliphatic heterocycles. The van der Waals surface area contributed by atoms with Crippen molar-refractivity contribution in [2.45, 2.75) is 6.61 Å². The van der Waals surface area contributed by atoms with Gasteiger partial charge in [-0.25, -0.2) is 0 Å². The monoisotopic (exact) mass is 601 g/mol. The van der Waals surface area contributed by atoms with Crippen molar-refractivity contribution in [1.82, 2.24) is 4.98 Å². The predicted octanol–water partition coefficient (Wildman–Crippen LogP) is 10.4. The van der Waals surface area contributed by atoms with Crippen molar-refractivity contribution in [3.8, 4) is 22.4 Å². The third-order valence-corrected chi connectivity index (χ3v) is 8.67. The number of halogens is 10. The molecule has 0 saturated carbocycles. The van der Waals surface area contributed by atoms with Crippen LogP contribution in [0.3, 0.4) is 0 Å². The van der Waals surface area contributed by atoms with E-state index < -0.39 is 6.61 Å². The molecule has 0 saturated heterocycles. The zero-order valence-corrected chi connectivity index (χ0v) is 21.6. The first-order valence-corrected chi connectivity index (χ1v) is 11.4. The van der Waals surface area contributed by atoms with Gasteiger partial charge in [-0.3, -0.25) is 4.98 Å². The fourth-order valence-corrected chi connectivity index (χ4v) is 5.38. The Morgan fingerprint density at radius 3 is 1.30 bits per heavy atom. The Morgan fingerprint density at radius 1 is 0.533 bits per heavy atom. The van der Waals surface area contributed by atoms with Crippen LogP contribution < -0.4 is 0 Å². The molecule has 0 fully saturated rings. The van der Waals surface area contributed by atoms with Crippen LogP contribution in [0.5, 0.6) is 0 Å². The summed E-state index contributed by atoms with van der Waals surface area (Å²) in [4.78, 5) is 4.35. The van der Waals surface area contributed by atoms with E-state index in [9.17, 15) is 5.11 Å². The van der Waals surface area contributed by atoms with Crippen molar-refractivity contribution in [2.75, 3.05) is 0 Å². The van der Waals surface area contributed by atoms with Gasteiger partial charge in [0.25, 0.3) is 0 Å². The molecular formula is C18H5Cl10NO. The second-order valence-electron chi connectivity index (χ2n) is 5.74. The Bertz CT molecular complexity index is 1140. The molecule has 30 heavy (non-hydrogen) atoms. The lowest BCUT2D eigenvalue weighted by Gasteiger charge is -2.20. The van der Waals surface area contributed by atoms with Gasteiger partial charge in [-0.15, -0.1) is 0 Å². The predicted molar refractivity (Wildman–Crippen MR) is 131 cm³/mol. The molecule has 158 valence electrons. The van der Waals surface area contributed by atoms with Gasteiger partial charge in [0.05, 0.1) is 62.5 Å². The summed E-state index contributed by atoms with van der Waals surface area (Å²) in [5.74, 6) is 0. The Morgan fingerprint density at radius 2 is 0.900 bits per heavy atom. The largest absolute Gasteiger partial charge is 0.392 e. The highest BCUT2D eigenvalue weighted by Crippen LogP contribution is 2.54. The zero-order valence-electron chi connectivity index (χ0n) is 14.0. The minimum absolute atomic E-state index is 0.0154. The lowest BCUT2D eigenvalue weighted by molar-refractivity contribution is 0.282. The van der Waals surface area contributed by atoms with E-state index >= 15 is 0 Å². The Labute approximate surface area is 221 Å². The van der Waals surface area contributed by atoms with Gasteiger partial charge in [0, 0.05) is 22.9 Å². The van der Waals surface area contributed by atoms with Gasteiger partial charge in [0.2, 0.25) is 0 Å². The number of aliphatic hydroxyl groups excluding tert-OH is 1. The van der Waals surface area contributed by atoms with Crippen LogP contribution >= 0.6 is 116 Å². The van der Waals surface area contributed by atoms with Crippen LogP contribution in [-0.2, 0) is 6.61 Å². The molecule has 2 aromatic carbocycles. The van der Waals surface area contributed by atoms with Crippen LogP contribution in [0.25, 0.3) is 22.4 Å². The third kappa shape index (κ3) is 4.08. The fourth-order valence-electron chi connectivity index (χ4n) is 2.74. The van der Waals surface area contributed by atoms with Crippen LogP contribution in [-0.4, -0.2) is 10.1 Å². The summed E-state index contributed by atoms with van der Waals surface area (Å²) in [6.45, 7) is -0.417. The summed E-state index contributed by atoms with van der Waals surface area (Å²) in [5, 5.41) is 9.72. The molecule has 0 amide bonds. The van der Waals surface area contributed by atoms with Crippen LogP contribution in [0.1, 0.15) is 5.56 Å². The van der Waals surface area contributed by atoms with Crippen LogP contribution in [0, 0.1) is 0 Å². The maximum atomic E-state index is 9.97. The van der Waals surface area contributed by atoms with Gasteiger partial charge < -0.3 is 5.11 Å². The second kappa shape index (κ2) is 9.75. The highest BCUT2D eigenvalue weighted by Gasteiger charge is 2.29. The zero-order chi connectivity index (χ0) is 22.5. The first kappa shape index (κ1) is 25.1. The van der Waals surface area contributed by atoms with Crippen molar-refractivity contribution < 1.29 is 5.11 Å². The van der Waals surface area contributed by atoms with Crippen molar-refractivity contribution in [2.24, 2.45) is 0 Å². The standard InChI is InChI=1S/C18H5Cl10NO/c19-8-6(9(20)13(24)16(27)12(8)23)5-4(3-30)1-2-29-18(5)7-10(21)14(25)17(28)15(26)11(7)22/h1-2,30H,3H2. The number of pyridine rings is 1. The van der Waals surface area contributed by atoms with Crippen LogP contribution in [0.4, 0.5) is 0 Å². The minimum Gasteiger partial charge on any atom is -0.392 e. The van der Waals surface area contributed by atoms with E-state index in [2.05, 4.69) is 4.98 Å². The number of benzene rings is 2. The number of aliphatic hydroxyl groups is 1. The molecule has 0 spiro atoms. The van der Waals surface area contributed by atoms with Crippen molar-refractivity contribution in [3.05, 3.63) is 68.1 Å². The van der Waals surface area contributed by atoms with E-state index in [4.69, 9.17) is 116 Å². The average Bonchev–Trinajstić information content (AvgIpc) is 2.74. The summed E-state index contributed by atoms with van der Waals surface area (Å²) < 4.78 is 0. The lowest BCUT2D eigenvalue weighted by atomic mass is 9.94. The fraction of sp³-hybridized carbons (Fsp3) is 0.0556. The van der Waals surface area contributed by atoms with Gasteiger partial charge >= 0.3 is 0 Å². The van der Waals surface area contributed by atoms with Gasteiger partial charge in [-0.05, 0) is 11.6 Å². The van der Waals surface area contributed by atoms with E-state index in [-0.39, 0.29) is 72.6 Å². The summed E-state index contributed by atoms with van der Waals surface area (Å²) in [6.07, 6.45) is 1.43. The molecule has 12 heteroatoms. The van der Waals surface area contributed by atoms with E-state index in [0.29, 0.717) is 5.56 Å². The summed E-state index contributed by atoms with van der Waals surface area (Å²) in [7, 11) is 0. The highest BCUT2D eigenvalue weighted by atomic mass is 35.5. The Hall–Kier alpha value is 0.450. The maximum Gasteiger partial charge on any atom is 0.0816 e. The molecule has 0 unspecified atom stereocenters. The van der Waals surface area contributed by atoms with E-state index in [1.165, 1.54) is 6.20 Å². The first-order chi connectivity index (χ1) is 14.0. The first-order valence-electron chi connectivity index (χ1n) is 7.66. The molecule has 1 heterocycles. The number of hydrogen-bond donors (Lipinski definition) is 1. The molecule has 1 N–H and O–H groups in total. The van der Waals surface area contributed by atoms with Crippen LogP contribution in [0.2, 0.25) is 50.2 Å². The normalized spacial score (nSPS) is 11.3. The van der Waals surface area contributed by atoms with E-state index in [1.54, 1.807) is 6.07 Å². The van der Waals surface area contributed by atoms with Crippen molar-refractivity contribution >= 4 is 116 Å². The molecule has 1 aromatic heterocycles. The minimum atomic E-state index is -0.417. The lowest BCUT2D eigenvalue weighted by Crippen LogP contribution is -2.00. The molecule has 0 aliphatic rings. The topological polar surface area (TPSA) is 33.1 Å². The summed E-state index contributed by atoms with van der Waals surface area (Å²) in [6, 6.07) is 1.54. The molecule has 2 nitrogen and oxygen atoms in total. The van der Waals surface area contributed by atoms with Gasteiger partial charge in [0.15, 0.2) is 0 Å².